The fourth-order valence-corrected chi connectivity index (χ4v) is 1.46. The first-order valence-electron chi connectivity index (χ1n) is 5.75. The van der Waals surface area contributed by atoms with Crippen molar-refractivity contribution in [2.24, 2.45) is 0 Å². The van der Waals surface area contributed by atoms with Crippen LogP contribution in [0.15, 0.2) is 6.33 Å². The molecule has 5 heteroatoms. The molecule has 1 aromatic heterocycles. The number of aryl methyl sites for hydroxylation is 1. The van der Waals surface area contributed by atoms with E-state index >= 15 is 0 Å². The van der Waals surface area contributed by atoms with Crippen molar-refractivity contribution in [3.05, 3.63) is 12.2 Å². The topological polar surface area (TPSA) is 57.0 Å². The molecule has 1 rings (SSSR count). The molecule has 0 aliphatic rings. The molecule has 0 aliphatic heterocycles. The standard InChI is InChI=1S/C11H19N3O2/c1-3-4-5-6-7-8-14-9-12-10(13-14)11(15)16-2/h9H,3-8H2,1-2H3. The van der Waals surface area contributed by atoms with Crippen molar-refractivity contribution in [2.45, 2.75) is 45.6 Å². The fraction of sp³-hybridized carbons (Fsp3) is 0.727. The van der Waals surface area contributed by atoms with Gasteiger partial charge in [-0.25, -0.2) is 9.78 Å². The third-order valence-electron chi connectivity index (χ3n) is 2.40. The average Bonchev–Trinajstić information content (AvgIpc) is 2.76. The summed E-state index contributed by atoms with van der Waals surface area (Å²) in [4.78, 5) is 15.0. The molecule has 1 aromatic rings. The third-order valence-corrected chi connectivity index (χ3v) is 2.40. The van der Waals surface area contributed by atoms with Crippen LogP contribution in [0.2, 0.25) is 0 Å². The Hall–Kier alpha value is -1.39. The Balaban J connectivity index is 2.27. The molecule has 0 amide bonds. The molecular weight excluding hydrogens is 206 g/mol. The number of carbonyl (C=O) groups excluding carboxylic acids is 1. The quantitative estimate of drug-likeness (QED) is 0.526. The predicted molar refractivity (Wildman–Crippen MR) is 60.1 cm³/mol. The molecule has 0 spiro atoms. The van der Waals surface area contributed by atoms with Gasteiger partial charge in [-0.15, -0.1) is 5.10 Å². The van der Waals surface area contributed by atoms with Crippen molar-refractivity contribution in [3.63, 3.8) is 0 Å². The van der Waals surface area contributed by atoms with Crippen LogP contribution in [0.3, 0.4) is 0 Å². The fourth-order valence-electron chi connectivity index (χ4n) is 1.46. The van der Waals surface area contributed by atoms with Gasteiger partial charge in [0.05, 0.1) is 7.11 Å². The first-order chi connectivity index (χ1) is 7.77. The van der Waals surface area contributed by atoms with E-state index in [0.29, 0.717) is 0 Å². The van der Waals surface area contributed by atoms with Gasteiger partial charge < -0.3 is 4.74 Å². The molecule has 0 bridgehead atoms. The van der Waals surface area contributed by atoms with Gasteiger partial charge in [0.15, 0.2) is 0 Å². The second-order valence-corrected chi connectivity index (χ2v) is 3.74. The molecule has 0 atom stereocenters. The maximum absolute atomic E-state index is 11.1. The van der Waals surface area contributed by atoms with E-state index in [-0.39, 0.29) is 5.82 Å². The molecule has 16 heavy (non-hydrogen) atoms. The van der Waals surface area contributed by atoms with Gasteiger partial charge in [0.2, 0.25) is 0 Å². The molecule has 0 N–H and O–H groups in total. The Labute approximate surface area is 95.8 Å². The van der Waals surface area contributed by atoms with Gasteiger partial charge in [-0.3, -0.25) is 4.68 Å². The molecular formula is C11H19N3O2. The van der Waals surface area contributed by atoms with Crippen LogP contribution in [0.25, 0.3) is 0 Å². The summed E-state index contributed by atoms with van der Waals surface area (Å²) >= 11 is 0. The molecule has 0 saturated carbocycles. The van der Waals surface area contributed by atoms with Crippen LogP contribution >= 0.6 is 0 Å². The Kier molecular flexibility index (Phi) is 5.53. The molecule has 0 aromatic carbocycles. The van der Waals surface area contributed by atoms with E-state index in [2.05, 4.69) is 21.7 Å². The molecule has 0 saturated heterocycles. The lowest BCUT2D eigenvalue weighted by molar-refractivity contribution is 0.0586. The smallest absolute Gasteiger partial charge is 0.377 e. The van der Waals surface area contributed by atoms with Crippen molar-refractivity contribution in [2.75, 3.05) is 7.11 Å². The summed E-state index contributed by atoms with van der Waals surface area (Å²) < 4.78 is 6.22. The summed E-state index contributed by atoms with van der Waals surface area (Å²) in [6, 6.07) is 0. The highest BCUT2D eigenvalue weighted by atomic mass is 16.5. The Morgan fingerprint density at radius 2 is 2.12 bits per heavy atom. The van der Waals surface area contributed by atoms with Gasteiger partial charge >= 0.3 is 5.97 Å². The maximum Gasteiger partial charge on any atom is 0.377 e. The normalized spacial score (nSPS) is 10.4. The van der Waals surface area contributed by atoms with Crippen molar-refractivity contribution in [1.29, 1.82) is 0 Å². The van der Waals surface area contributed by atoms with E-state index in [4.69, 9.17) is 0 Å². The van der Waals surface area contributed by atoms with E-state index in [9.17, 15) is 4.79 Å². The summed E-state index contributed by atoms with van der Waals surface area (Å²) in [7, 11) is 1.33. The van der Waals surface area contributed by atoms with Crippen LogP contribution in [0.1, 0.15) is 49.6 Å². The van der Waals surface area contributed by atoms with Crippen LogP contribution in [0.5, 0.6) is 0 Å². The predicted octanol–water partition coefficient (Wildman–Crippen LogP) is 2.04. The summed E-state index contributed by atoms with van der Waals surface area (Å²) in [5.74, 6) is -0.346. The highest BCUT2D eigenvalue weighted by molar-refractivity contribution is 5.84. The zero-order valence-electron chi connectivity index (χ0n) is 9.98. The van der Waals surface area contributed by atoms with E-state index in [0.717, 1.165) is 13.0 Å². The number of rotatable bonds is 7. The van der Waals surface area contributed by atoms with Gasteiger partial charge in [-0.05, 0) is 6.42 Å². The minimum atomic E-state index is -0.482. The second-order valence-electron chi connectivity index (χ2n) is 3.74. The van der Waals surface area contributed by atoms with Crippen molar-refractivity contribution < 1.29 is 9.53 Å². The first-order valence-corrected chi connectivity index (χ1v) is 5.75. The van der Waals surface area contributed by atoms with Gasteiger partial charge in [-0.2, -0.15) is 0 Å². The van der Waals surface area contributed by atoms with E-state index in [1.165, 1.54) is 32.8 Å². The monoisotopic (exact) mass is 225 g/mol. The molecule has 5 nitrogen and oxygen atoms in total. The minimum absolute atomic E-state index is 0.135. The number of esters is 1. The molecule has 0 radical (unpaired) electrons. The van der Waals surface area contributed by atoms with E-state index < -0.39 is 5.97 Å². The zero-order chi connectivity index (χ0) is 11.8. The SMILES string of the molecule is CCCCCCCn1cnc(C(=O)OC)n1. The van der Waals surface area contributed by atoms with E-state index in [1.807, 2.05) is 0 Å². The van der Waals surface area contributed by atoms with Gasteiger partial charge in [0.25, 0.3) is 5.82 Å². The number of aromatic nitrogens is 3. The molecule has 1 heterocycles. The van der Waals surface area contributed by atoms with Crippen LogP contribution in [0, 0.1) is 0 Å². The number of hydrogen-bond donors (Lipinski definition) is 0. The lowest BCUT2D eigenvalue weighted by Gasteiger charge is -2.00. The average molecular weight is 225 g/mol. The highest BCUT2D eigenvalue weighted by Gasteiger charge is 2.10. The summed E-state index contributed by atoms with van der Waals surface area (Å²) in [6.45, 7) is 3.01. The number of carbonyl (C=O) groups is 1. The van der Waals surface area contributed by atoms with Crippen molar-refractivity contribution in [1.82, 2.24) is 14.8 Å². The lowest BCUT2D eigenvalue weighted by Crippen LogP contribution is -2.06. The second kappa shape index (κ2) is 6.98. The zero-order valence-corrected chi connectivity index (χ0v) is 9.98. The van der Waals surface area contributed by atoms with Gasteiger partial charge in [0.1, 0.15) is 6.33 Å². The van der Waals surface area contributed by atoms with Crippen molar-refractivity contribution in [3.8, 4) is 0 Å². The molecule has 90 valence electrons. The first kappa shape index (κ1) is 12.7. The Bertz CT molecular complexity index is 323. The Morgan fingerprint density at radius 3 is 2.81 bits per heavy atom. The summed E-state index contributed by atoms with van der Waals surface area (Å²) in [6.07, 6.45) is 7.63. The number of methoxy groups -OCH3 is 1. The minimum Gasteiger partial charge on any atom is -0.463 e. The van der Waals surface area contributed by atoms with E-state index in [1.54, 1.807) is 11.0 Å². The number of ether oxygens (including phenoxy) is 1. The van der Waals surface area contributed by atoms with Crippen molar-refractivity contribution >= 4 is 5.97 Å². The number of hydrogen-bond acceptors (Lipinski definition) is 4. The Morgan fingerprint density at radius 1 is 1.38 bits per heavy atom. The summed E-state index contributed by atoms with van der Waals surface area (Å²) in [5, 5.41) is 4.03. The number of nitrogens with zero attached hydrogens (tertiary/aromatic N) is 3. The lowest BCUT2D eigenvalue weighted by atomic mass is 10.1. The van der Waals surface area contributed by atoms with Gasteiger partial charge in [-0.1, -0.05) is 32.6 Å². The maximum atomic E-state index is 11.1. The van der Waals surface area contributed by atoms with Crippen LogP contribution in [0.4, 0.5) is 0 Å². The summed E-state index contributed by atoms with van der Waals surface area (Å²) in [5.41, 5.74) is 0. The van der Waals surface area contributed by atoms with Gasteiger partial charge in [0, 0.05) is 6.54 Å². The molecule has 0 unspecified atom stereocenters. The largest absolute Gasteiger partial charge is 0.463 e. The van der Waals surface area contributed by atoms with Crippen LogP contribution < -0.4 is 0 Å². The van der Waals surface area contributed by atoms with Crippen LogP contribution in [-0.4, -0.2) is 27.8 Å². The highest BCUT2D eigenvalue weighted by Crippen LogP contribution is 2.03. The third kappa shape index (κ3) is 4.00. The van der Waals surface area contributed by atoms with Crippen LogP contribution in [-0.2, 0) is 11.3 Å². The molecule has 0 fully saturated rings. The number of unbranched alkanes of at least 4 members (excludes halogenated alkanes) is 4. The molecule has 0 aliphatic carbocycles.